The average Bonchev–Trinajstić information content (AvgIpc) is 3.22. The van der Waals surface area contributed by atoms with E-state index in [1.54, 1.807) is 0 Å². The fourth-order valence-corrected chi connectivity index (χ4v) is 3.42. The van der Waals surface area contributed by atoms with Gasteiger partial charge >= 0.3 is 0 Å². The number of fused-ring (bicyclic) bond motifs is 1. The van der Waals surface area contributed by atoms with Gasteiger partial charge in [-0.15, -0.1) is 0 Å². The van der Waals surface area contributed by atoms with Gasteiger partial charge in [0.1, 0.15) is 11.3 Å². The third kappa shape index (κ3) is 4.99. The number of carbonyl (C=O) groups is 1. The van der Waals surface area contributed by atoms with Crippen molar-refractivity contribution >= 4 is 22.7 Å². The quantitative estimate of drug-likeness (QED) is 0.353. The molecule has 1 amide bonds. The van der Waals surface area contributed by atoms with E-state index in [2.05, 4.69) is 50.1 Å². The number of oxazole rings is 1. The molecule has 1 N–H and O–H groups in total. The monoisotopic (exact) mass is 428 g/mol. The van der Waals surface area contributed by atoms with Gasteiger partial charge in [0, 0.05) is 11.3 Å². The predicted molar refractivity (Wildman–Crippen MR) is 128 cm³/mol. The summed E-state index contributed by atoms with van der Waals surface area (Å²) in [6.45, 7) is 8.54. The van der Waals surface area contributed by atoms with Gasteiger partial charge in [0.05, 0.1) is 0 Å². The minimum atomic E-state index is -0.214. The largest absolute Gasteiger partial charge is 0.484 e. The van der Waals surface area contributed by atoms with Gasteiger partial charge in [0.2, 0.25) is 5.89 Å². The van der Waals surface area contributed by atoms with Crippen LogP contribution in [-0.2, 0) is 4.79 Å². The molecule has 0 spiro atoms. The maximum absolute atomic E-state index is 12.3. The summed E-state index contributed by atoms with van der Waals surface area (Å²) >= 11 is 0. The molecule has 164 valence electrons. The molecule has 0 bridgehead atoms. The number of aromatic nitrogens is 1. The SMILES string of the molecule is CC(C)c1ccc(OCC(=O)Nc2ccc(-c3nc4cc(C(C)C)ccc4o3)cc2)cc1. The van der Waals surface area contributed by atoms with Crippen LogP contribution in [0.1, 0.15) is 50.7 Å². The van der Waals surface area contributed by atoms with E-state index in [1.807, 2.05) is 54.6 Å². The van der Waals surface area contributed by atoms with Gasteiger partial charge in [-0.1, -0.05) is 45.9 Å². The molecule has 5 nitrogen and oxygen atoms in total. The fourth-order valence-electron chi connectivity index (χ4n) is 3.42. The number of carbonyl (C=O) groups excluding carboxylic acids is 1. The highest BCUT2D eigenvalue weighted by atomic mass is 16.5. The lowest BCUT2D eigenvalue weighted by Crippen LogP contribution is -2.20. The van der Waals surface area contributed by atoms with Gasteiger partial charge in [0.15, 0.2) is 12.2 Å². The number of hydrogen-bond acceptors (Lipinski definition) is 4. The zero-order chi connectivity index (χ0) is 22.7. The molecule has 0 aliphatic heterocycles. The van der Waals surface area contributed by atoms with Gasteiger partial charge in [-0.25, -0.2) is 4.98 Å². The molecule has 0 aliphatic carbocycles. The Kier molecular flexibility index (Phi) is 6.26. The van der Waals surface area contributed by atoms with E-state index in [-0.39, 0.29) is 12.5 Å². The summed E-state index contributed by atoms with van der Waals surface area (Å²) < 4.78 is 11.5. The van der Waals surface area contributed by atoms with Crippen LogP contribution in [0.4, 0.5) is 5.69 Å². The first-order chi connectivity index (χ1) is 15.4. The molecule has 4 aromatic rings. The number of ether oxygens (including phenoxy) is 1. The van der Waals surface area contributed by atoms with E-state index < -0.39 is 0 Å². The summed E-state index contributed by atoms with van der Waals surface area (Å²) in [5, 5.41) is 2.85. The third-order valence-electron chi connectivity index (χ3n) is 5.41. The second-order valence-electron chi connectivity index (χ2n) is 8.54. The Morgan fingerprint density at radius 1 is 0.906 bits per heavy atom. The van der Waals surface area contributed by atoms with Crippen molar-refractivity contribution in [3.63, 3.8) is 0 Å². The van der Waals surface area contributed by atoms with E-state index in [4.69, 9.17) is 9.15 Å². The molecule has 0 fully saturated rings. The smallest absolute Gasteiger partial charge is 0.262 e. The summed E-state index contributed by atoms with van der Waals surface area (Å²) in [7, 11) is 0. The lowest BCUT2D eigenvalue weighted by atomic mass is 10.0. The molecule has 0 radical (unpaired) electrons. The van der Waals surface area contributed by atoms with E-state index >= 15 is 0 Å². The summed E-state index contributed by atoms with van der Waals surface area (Å²) in [6.07, 6.45) is 0. The van der Waals surface area contributed by atoms with Crippen LogP contribution >= 0.6 is 0 Å². The molecule has 0 unspecified atom stereocenters. The van der Waals surface area contributed by atoms with Crippen molar-refractivity contribution in [2.45, 2.75) is 39.5 Å². The normalized spacial score (nSPS) is 11.3. The summed E-state index contributed by atoms with van der Waals surface area (Å²) in [6, 6.07) is 21.4. The fraction of sp³-hybridized carbons (Fsp3) is 0.259. The maximum Gasteiger partial charge on any atom is 0.262 e. The number of benzene rings is 3. The number of anilines is 1. The van der Waals surface area contributed by atoms with Crippen molar-refractivity contribution < 1.29 is 13.9 Å². The topological polar surface area (TPSA) is 64.4 Å². The molecule has 0 saturated heterocycles. The zero-order valence-electron chi connectivity index (χ0n) is 18.9. The van der Waals surface area contributed by atoms with E-state index in [1.165, 1.54) is 11.1 Å². The molecule has 0 aliphatic rings. The van der Waals surface area contributed by atoms with Crippen molar-refractivity contribution in [3.8, 4) is 17.2 Å². The zero-order valence-corrected chi connectivity index (χ0v) is 18.9. The first-order valence-corrected chi connectivity index (χ1v) is 10.9. The highest BCUT2D eigenvalue weighted by Gasteiger charge is 2.11. The van der Waals surface area contributed by atoms with Crippen LogP contribution in [0.2, 0.25) is 0 Å². The van der Waals surface area contributed by atoms with Crippen molar-refractivity contribution in [1.82, 2.24) is 4.98 Å². The molecule has 32 heavy (non-hydrogen) atoms. The number of nitrogens with zero attached hydrogens (tertiary/aromatic N) is 1. The lowest BCUT2D eigenvalue weighted by Gasteiger charge is -2.09. The molecule has 3 aromatic carbocycles. The van der Waals surface area contributed by atoms with Gasteiger partial charge in [-0.05, 0) is 71.5 Å². The van der Waals surface area contributed by atoms with Crippen LogP contribution < -0.4 is 10.1 Å². The van der Waals surface area contributed by atoms with Gasteiger partial charge in [0.25, 0.3) is 5.91 Å². The molecule has 0 atom stereocenters. The standard InChI is InChI=1S/C27H28N2O3/c1-17(2)19-7-12-23(13-8-19)31-16-26(30)28-22-10-5-20(6-11-22)27-29-24-15-21(18(3)4)9-14-25(24)32-27/h5-15,17-18H,16H2,1-4H3,(H,28,30). The second kappa shape index (κ2) is 9.27. The number of amides is 1. The van der Waals surface area contributed by atoms with Crippen molar-refractivity contribution in [2.24, 2.45) is 0 Å². The molecule has 1 aromatic heterocycles. The number of rotatable bonds is 7. The van der Waals surface area contributed by atoms with Gasteiger partial charge in [-0.3, -0.25) is 4.79 Å². The molecule has 4 rings (SSSR count). The third-order valence-corrected chi connectivity index (χ3v) is 5.41. The molecule has 5 heteroatoms. The second-order valence-corrected chi connectivity index (χ2v) is 8.54. The van der Waals surface area contributed by atoms with Crippen molar-refractivity contribution in [1.29, 1.82) is 0 Å². The Bertz CT molecular complexity index is 1210. The Morgan fingerprint density at radius 2 is 1.56 bits per heavy atom. The van der Waals surface area contributed by atoms with Gasteiger partial charge in [-0.2, -0.15) is 0 Å². The molecular weight excluding hydrogens is 400 g/mol. The van der Waals surface area contributed by atoms with Crippen molar-refractivity contribution in [3.05, 3.63) is 77.9 Å². The van der Waals surface area contributed by atoms with Crippen LogP contribution in [0.15, 0.2) is 71.1 Å². The Balaban J connectivity index is 1.37. The van der Waals surface area contributed by atoms with Crippen LogP contribution in [-0.4, -0.2) is 17.5 Å². The minimum Gasteiger partial charge on any atom is -0.484 e. The van der Waals surface area contributed by atoms with Crippen LogP contribution in [0, 0.1) is 0 Å². The molecule has 1 heterocycles. The lowest BCUT2D eigenvalue weighted by molar-refractivity contribution is -0.118. The molecule has 0 saturated carbocycles. The Morgan fingerprint density at radius 3 is 2.22 bits per heavy atom. The Hall–Kier alpha value is -3.60. The van der Waals surface area contributed by atoms with Crippen molar-refractivity contribution in [2.75, 3.05) is 11.9 Å². The number of hydrogen-bond donors (Lipinski definition) is 1. The summed E-state index contributed by atoms with van der Waals surface area (Å²) in [4.78, 5) is 16.9. The highest BCUT2D eigenvalue weighted by molar-refractivity contribution is 5.92. The van der Waals surface area contributed by atoms with Gasteiger partial charge < -0.3 is 14.5 Å². The first kappa shape index (κ1) is 21.6. The van der Waals surface area contributed by atoms with Crippen LogP contribution in [0.25, 0.3) is 22.6 Å². The summed E-state index contributed by atoms with van der Waals surface area (Å²) in [5.41, 5.74) is 5.62. The van der Waals surface area contributed by atoms with Crippen LogP contribution in [0.5, 0.6) is 5.75 Å². The molecular formula is C27H28N2O3. The van der Waals surface area contributed by atoms with E-state index in [0.717, 1.165) is 16.7 Å². The average molecular weight is 429 g/mol. The van der Waals surface area contributed by atoms with E-state index in [0.29, 0.717) is 29.2 Å². The minimum absolute atomic E-state index is 0.0495. The highest BCUT2D eigenvalue weighted by Crippen LogP contribution is 2.27. The number of nitrogens with one attached hydrogen (secondary N) is 1. The van der Waals surface area contributed by atoms with Crippen LogP contribution in [0.3, 0.4) is 0 Å². The van der Waals surface area contributed by atoms with E-state index in [9.17, 15) is 4.79 Å². The summed E-state index contributed by atoms with van der Waals surface area (Å²) in [5.74, 6) is 1.92. The maximum atomic E-state index is 12.3. The Labute approximate surface area is 188 Å². The predicted octanol–water partition coefficient (Wildman–Crippen LogP) is 6.76. The first-order valence-electron chi connectivity index (χ1n) is 10.9.